The fraction of sp³-hybridized carbons (Fsp3) is 0.118. The molecule has 74 heavy (non-hydrogen) atoms. The Labute approximate surface area is 465 Å². The van der Waals surface area contributed by atoms with Crippen LogP contribution in [0.4, 0.5) is 0 Å². The van der Waals surface area contributed by atoms with Crippen molar-refractivity contribution >= 4 is 32.8 Å². The van der Waals surface area contributed by atoms with Gasteiger partial charge >= 0.3 is 0 Å². The van der Waals surface area contributed by atoms with Gasteiger partial charge in [0.1, 0.15) is 5.82 Å². The minimum absolute atomic E-state index is 0. The number of ether oxygens (including phenoxy) is 1. The zero-order valence-corrected chi connectivity index (χ0v) is 43.4. The number of benzene rings is 9. The maximum Gasteiger partial charge on any atom is 0.268 e. The minimum atomic E-state index is -1.93. The quantitative estimate of drug-likeness (QED) is 0.0956. The first-order valence-electron chi connectivity index (χ1n) is 30.1. The molecule has 0 aliphatic rings. The van der Waals surface area contributed by atoms with Gasteiger partial charge in [-0.15, -0.1) is 29.7 Å². The number of pyridine rings is 1. The van der Waals surface area contributed by atoms with Gasteiger partial charge in [-0.05, 0) is 84.9 Å². The van der Waals surface area contributed by atoms with Crippen molar-refractivity contribution < 1.29 is 46.8 Å². The van der Waals surface area contributed by atoms with Gasteiger partial charge in [-0.1, -0.05) is 216 Å². The fourth-order valence-corrected chi connectivity index (χ4v) is 9.59. The molecule has 3 aromatic heterocycles. The van der Waals surface area contributed by atoms with Crippen molar-refractivity contribution in [3.63, 3.8) is 0 Å². The van der Waals surface area contributed by atoms with E-state index in [-0.39, 0.29) is 54.4 Å². The number of fused-ring (bicyclic) bond motifs is 4. The van der Waals surface area contributed by atoms with E-state index in [0.717, 1.165) is 33.0 Å². The van der Waals surface area contributed by atoms with E-state index in [1.807, 2.05) is 115 Å². The molecule has 0 radical (unpaired) electrons. The summed E-state index contributed by atoms with van der Waals surface area (Å²) in [6.07, 6.45) is 3.25. The molecule has 12 rings (SSSR count). The van der Waals surface area contributed by atoms with Crippen molar-refractivity contribution in [2.75, 3.05) is 0 Å². The predicted octanol–water partition coefficient (Wildman–Crippen LogP) is 16.4. The molecule has 0 unspecified atom stereocenters. The Morgan fingerprint density at radius 2 is 1.22 bits per heavy atom. The van der Waals surface area contributed by atoms with E-state index >= 15 is 0 Å². The van der Waals surface area contributed by atoms with Crippen LogP contribution in [0.5, 0.6) is 11.5 Å². The second-order valence-corrected chi connectivity index (χ2v) is 19.4. The summed E-state index contributed by atoms with van der Waals surface area (Å²) in [5, 5.41) is 1.79. The van der Waals surface area contributed by atoms with Crippen LogP contribution in [0.25, 0.3) is 83.4 Å². The first kappa shape index (κ1) is 35.9. The van der Waals surface area contributed by atoms with Gasteiger partial charge in [0.05, 0.1) is 30.4 Å². The van der Waals surface area contributed by atoms with Gasteiger partial charge in [0, 0.05) is 52.6 Å². The molecule has 0 spiro atoms. The van der Waals surface area contributed by atoms with Gasteiger partial charge in [0.25, 0.3) is 6.33 Å². The summed E-state index contributed by atoms with van der Waals surface area (Å²) in [7, 11) is 0. The molecule has 0 aliphatic carbocycles. The van der Waals surface area contributed by atoms with E-state index in [1.54, 1.807) is 63.9 Å². The Hall–Kier alpha value is -8.11. The zero-order chi connectivity index (χ0) is 60.2. The van der Waals surface area contributed by atoms with Crippen molar-refractivity contribution in [3.8, 4) is 62.1 Å². The number of imidazole rings is 1. The maximum absolute atomic E-state index is 10.1. The molecule has 0 fully saturated rings. The minimum Gasteiger partial charge on any atom is -0.510 e. The van der Waals surface area contributed by atoms with Crippen LogP contribution in [0, 0.1) is 18.5 Å². The normalized spacial score (nSPS) is 14.3. The standard InChI is InChI=1S/C68H54N4O.Pt/c1-67(2,3)51-37-35-49(36-38-51)60-45-69-65(41-50(60)44-68(4,5)52-25-13-8-14-26-52)72-61-32-16-15-29-58(61)59-40-39-55(43-64(59)72)73-54-28-19-27-53(42-54)70-46-71(63-34-18-17-33-62(63)70)66-56(47-21-9-6-10-22-47)30-20-31-57(66)48-23-11-7-12-24-48;/h6-41,45H,44H2,1-5H3;/q-2;/i6D,7D,9D,10D,11D,12D,21D,22D,23D,24D,44D2;. The van der Waals surface area contributed by atoms with Crippen LogP contribution < -0.4 is 9.30 Å². The smallest absolute Gasteiger partial charge is 0.268 e. The van der Waals surface area contributed by atoms with Crippen LogP contribution in [0.3, 0.4) is 0 Å². The summed E-state index contributed by atoms with van der Waals surface area (Å²) in [6.45, 7) is 10.4. The molecule has 0 amide bonds. The van der Waals surface area contributed by atoms with Crippen molar-refractivity contribution in [2.45, 2.75) is 51.8 Å². The molecule has 6 heteroatoms. The molecule has 3 heterocycles. The summed E-state index contributed by atoms with van der Waals surface area (Å²) in [4.78, 5) is 5.13. The van der Waals surface area contributed by atoms with E-state index in [1.165, 1.54) is 0 Å². The van der Waals surface area contributed by atoms with Crippen LogP contribution in [0.15, 0.2) is 224 Å². The number of rotatable bonds is 11. The summed E-state index contributed by atoms with van der Waals surface area (Å²) in [6, 6.07) is 50.4. The average Bonchev–Trinajstić information content (AvgIpc) is 1.44. The Morgan fingerprint density at radius 3 is 1.92 bits per heavy atom. The van der Waals surface area contributed by atoms with Gasteiger partial charge in [0.15, 0.2) is 0 Å². The van der Waals surface area contributed by atoms with Gasteiger partial charge < -0.3 is 13.9 Å². The topological polar surface area (TPSA) is 35.9 Å². The largest absolute Gasteiger partial charge is 0.510 e. The molecule has 0 bridgehead atoms. The molecular formula is C68H54N4OPt-2. The molecule has 0 saturated heterocycles. The predicted molar refractivity (Wildman–Crippen MR) is 298 cm³/mol. The third kappa shape index (κ3) is 9.07. The third-order valence-electron chi connectivity index (χ3n) is 13.3. The summed E-state index contributed by atoms with van der Waals surface area (Å²) < 4.78 is 120. The number of nitrogens with zero attached hydrogens (tertiary/aromatic N) is 4. The Morgan fingerprint density at radius 1 is 0.581 bits per heavy atom. The number of para-hydroxylation sites is 4. The molecule has 364 valence electrons. The second kappa shape index (κ2) is 19.7. The van der Waals surface area contributed by atoms with E-state index < -0.39 is 72.2 Å². The molecule has 0 N–H and O–H groups in total. The number of aromatic nitrogens is 4. The maximum atomic E-state index is 10.1. The molecular weight excluding hydrogens is 1080 g/mol. The Balaban J connectivity index is 0.00000768. The second-order valence-electron chi connectivity index (χ2n) is 19.4. The van der Waals surface area contributed by atoms with Crippen LogP contribution in [0.2, 0.25) is 0 Å². The van der Waals surface area contributed by atoms with Crippen LogP contribution in [0.1, 0.15) is 67.8 Å². The fourth-order valence-electron chi connectivity index (χ4n) is 9.59. The van der Waals surface area contributed by atoms with Crippen molar-refractivity contribution in [3.05, 3.63) is 259 Å². The van der Waals surface area contributed by atoms with Crippen LogP contribution in [-0.4, -0.2) is 14.1 Å². The molecule has 9 aromatic carbocycles. The summed E-state index contributed by atoms with van der Waals surface area (Å²) in [5.41, 5.74) is 5.97. The Kier molecular flexibility index (Phi) is 9.57. The van der Waals surface area contributed by atoms with Gasteiger partial charge in [-0.3, -0.25) is 4.57 Å². The molecule has 0 atom stereocenters. The third-order valence-corrected chi connectivity index (χ3v) is 13.3. The summed E-state index contributed by atoms with van der Waals surface area (Å²) in [5.74, 6) is 1.12. The van der Waals surface area contributed by atoms with Gasteiger partial charge in [-0.25, -0.2) is 4.98 Å². The first-order chi connectivity index (χ1) is 40.5. The first-order valence-corrected chi connectivity index (χ1v) is 24.1. The molecule has 0 saturated carbocycles. The number of hydrogen-bond acceptors (Lipinski definition) is 2. The number of hydrogen-bond donors (Lipinski definition) is 0. The Bertz CT molecular complexity index is 4540. The molecule has 0 aliphatic heterocycles. The van der Waals surface area contributed by atoms with Crippen molar-refractivity contribution in [1.82, 2.24) is 14.1 Å². The monoisotopic (exact) mass is 1150 g/mol. The molecule has 12 aromatic rings. The van der Waals surface area contributed by atoms with E-state index in [0.29, 0.717) is 50.7 Å². The van der Waals surface area contributed by atoms with E-state index in [2.05, 4.69) is 51.4 Å². The SMILES string of the molecule is [2H]c1c([2H])c([2H])c(-c2cccc(-c3c([2H])c([2H])c([2H])c([2H])c3[2H])c2-[n+]2[c-]n(-c3[c-]c(Oc4[c-]c5c(cc4)c4ccccc4n5-c4cc(C([2H])([2H])C(C)(C)c5ccccc5)c(-c5ccc(C(C)(C)C)cc5)cn4)ccc3)c3ccccc32)c([2H])c1[2H].[Pt]. The van der Waals surface area contributed by atoms with Gasteiger partial charge in [0.2, 0.25) is 0 Å². The van der Waals surface area contributed by atoms with E-state index in [9.17, 15) is 2.74 Å². The van der Waals surface area contributed by atoms with Crippen LogP contribution >= 0.6 is 0 Å². The van der Waals surface area contributed by atoms with Crippen molar-refractivity contribution in [2.24, 2.45) is 0 Å². The average molecular weight is 1150 g/mol. The van der Waals surface area contributed by atoms with Gasteiger partial charge in [-0.2, -0.15) is 18.2 Å². The van der Waals surface area contributed by atoms with Crippen LogP contribution in [-0.2, 0) is 38.3 Å². The van der Waals surface area contributed by atoms with Crippen molar-refractivity contribution in [1.29, 1.82) is 0 Å². The summed E-state index contributed by atoms with van der Waals surface area (Å²) >= 11 is 0. The zero-order valence-electron chi connectivity index (χ0n) is 53.1. The van der Waals surface area contributed by atoms with E-state index in [4.69, 9.17) is 23.4 Å². The molecule has 5 nitrogen and oxygen atoms in total.